The molecular weight excluding hydrogens is 357 g/mol. The molecule has 0 radical (unpaired) electrons. The van der Waals surface area contributed by atoms with Gasteiger partial charge in [-0.05, 0) is 50.2 Å². The summed E-state index contributed by atoms with van der Waals surface area (Å²) >= 11 is 5.83. The maximum absolute atomic E-state index is 13.7. The van der Waals surface area contributed by atoms with E-state index in [1.54, 1.807) is 12.1 Å². The molecule has 0 saturated heterocycles. The molecule has 0 saturated carbocycles. The Kier molecular flexibility index (Phi) is 6.97. The highest BCUT2D eigenvalue weighted by Gasteiger charge is 2.16. The average Bonchev–Trinajstić information content (AvgIpc) is 2.62. The monoisotopic (exact) mass is 377 g/mol. The average molecular weight is 378 g/mol. The summed E-state index contributed by atoms with van der Waals surface area (Å²) in [6.45, 7) is 5.65. The van der Waals surface area contributed by atoms with E-state index in [1.807, 2.05) is 12.1 Å². The summed E-state index contributed by atoms with van der Waals surface area (Å²) in [5.41, 5.74) is 1.41. The third-order valence-electron chi connectivity index (χ3n) is 3.88. The number of benzene rings is 2. The molecule has 2 aromatic carbocycles. The Morgan fingerprint density at radius 3 is 2.31 bits per heavy atom. The van der Waals surface area contributed by atoms with E-state index in [0.29, 0.717) is 5.69 Å². The van der Waals surface area contributed by atoms with Crippen molar-refractivity contribution in [3.63, 3.8) is 0 Å². The predicted molar refractivity (Wildman–Crippen MR) is 102 cm³/mol. The van der Waals surface area contributed by atoms with Crippen LogP contribution in [0.1, 0.15) is 24.2 Å². The van der Waals surface area contributed by atoms with E-state index >= 15 is 0 Å². The second kappa shape index (κ2) is 9.20. The number of nitrogens with zero attached hydrogens (tertiary/aromatic N) is 1. The van der Waals surface area contributed by atoms with Crippen molar-refractivity contribution < 1.29 is 14.0 Å². The lowest BCUT2D eigenvalue weighted by Gasteiger charge is -2.21. The number of hydrogen-bond acceptors (Lipinski definition) is 3. The van der Waals surface area contributed by atoms with E-state index in [4.69, 9.17) is 11.6 Å². The minimum absolute atomic E-state index is 0.00472. The van der Waals surface area contributed by atoms with Gasteiger partial charge in [0.05, 0.1) is 17.1 Å². The number of nitrogens with one attached hydrogen (secondary N) is 2. The normalized spacial score (nSPS) is 10.3. The van der Waals surface area contributed by atoms with Crippen LogP contribution in [0, 0.1) is 5.82 Å². The van der Waals surface area contributed by atoms with Crippen LogP contribution in [0.4, 0.5) is 15.8 Å². The van der Waals surface area contributed by atoms with Crippen LogP contribution in [0.5, 0.6) is 0 Å². The second-order valence-corrected chi connectivity index (χ2v) is 5.95. The number of carbonyl (C=O) groups is 2. The molecule has 0 heterocycles. The zero-order valence-corrected chi connectivity index (χ0v) is 15.4. The van der Waals surface area contributed by atoms with Crippen LogP contribution in [0.2, 0.25) is 5.02 Å². The molecule has 2 aromatic rings. The maximum atomic E-state index is 13.7. The molecule has 138 valence electrons. The van der Waals surface area contributed by atoms with Gasteiger partial charge in [-0.2, -0.15) is 0 Å². The fourth-order valence-electron chi connectivity index (χ4n) is 2.51. The van der Waals surface area contributed by atoms with Crippen LogP contribution in [0.25, 0.3) is 0 Å². The molecule has 2 N–H and O–H groups in total. The number of anilines is 2. The van der Waals surface area contributed by atoms with Crippen molar-refractivity contribution in [1.29, 1.82) is 0 Å². The molecule has 0 aliphatic carbocycles. The predicted octanol–water partition coefficient (Wildman–Crippen LogP) is 3.69. The molecule has 0 atom stereocenters. The van der Waals surface area contributed by atoms with Gasteiger partial charge in [0, 0.05) is 24.5 Å². The molecule has 2 amide bonds. The smallest absolute Gasteiger partial charge is 0.256 e. The van der Waals surface area contributed by atoms with Gasteiger partial charge in [0.2, 0.25) is 5.91 Å². The lowest BCUT2D eigenvalue weighted by atomic mass is 10.2. The highest BCUT2D eigenvalue weighted by Crippen LogP contribution is 2.19. The molecule has 5 nitrogen and oxygen atoms in total. The van der Waals surface area contributed by atoms with Crippen LogP contribution in [-0.4, -0.2) is 31.4 Å². The molecule has 0 aromatic heterocycles. The van der Waals surface area contributed by atoms with Crippen molar-refractivity contribution in [3.8, 4) is 0 Å². The number of hydrogen-bond donors (Lipinski definition) is 2. The Morgan fingerprint density at radius 2 is 1.73 bits per heavy atom. The van der Waals surface area contributed by atoms with Crippen molar-refractivity contribution in [2.75, 3.05) is 29.9 Å². The lowest BCUT2D eigenvalue weighted by Crippen LogP contribution is -2.33. The van der Waals surface area contributed by atoms with Crippen molar-refractivity contribution in [2.45, 2.75) is 13.8 Å². The van der Waals surface area contributed by atoms with Crippen LogP contribution >= 0.6 is 11.6 Å². The number of rotatable bonds is 7. The van der Waals surface area contributed by atoms with Gasteiger partial charge in [0.25, 0.3) is 5.91 Å². The first-order valence-electron chi connectivity index (χ1n) is 8.33. The van der Waals surface area contributed by atoms with Crippen LogP contribution in [-0.2, 0) is 4.79 Å². The summed E-state index contributed by atoms with van der Waals surface area (Å²) in [6, 6.07) is 11.4. The second-order valence-electron chi connectivity index (χ2n) is 5.55. The zero-order valence-electron chi connectivity index (χ0n) is 14.7. The zero-order chi connectivity index (χ0) is 19.1. The molecule has 26 heavy (non-hydrogen) atoms. The highest BCUT2D eigenvalue weighted by atomic mass is 35.5. The fraction of sp³-hybridized carbons (Fsp3) is 0.263. The molecule has 0 unspecified atom stereocenters. The Morgan fingerprint density at radius 1 is 1.08 bits per heavy atom. The summed E-state index contributed by atoms with van der Waals surface area (Å²) < 4.78 is 13.7. The number of amides is 2. The third kappa shape index (κ3) is 4.95. The van der Waals surface area contributed by atoms with E-state index in [2.05, 4.69) is 29.4 Å². The summed E-state index contributed by atoms with van der Waals surface area (Å²) in [6.07, 6.45) is 0. The Labute approximate surface area is 157 Å². The third-order valence-corrected chi connectivity index (χ3v) is 4.19. The molecule has 0 bridgehead atoms. The van der Waals surface area contributed by atoms with Crippen LogP contribution in [0.15, 0.2) is 42.5 Å². The first-order valence-corrected chi connectivity index (χ1v) is 8.71. The van der Waals surface area contributed by atoms with Crippen LogP contribution < -0.4 is 15.5 Å². The van der Waals surface area contributed by atoms with E-state index < -0.39 is 17.6 Å². The Hall–Kier alpha value is -2.60. The molecule has 0 spiro atoms. The van der Waals surface area contributed by atoms with Crippen molar-refractivity contribution in [1.82, 2.24) is 5.32 Å². The fourth-order valence-corrected chi connectivity index (χ4v) is 2.76. The Balaban J connectivity index is 1.92. The molecule has 2 rings (SSSR count). The van der Waals surface area contributed by atoms with Gasteiger partial charge in [0.15, 0.2) is 0 Å². The minimum atomic E-state index is -0.736. The van der Waals surface area contributed by atoms with E-state index in [9.17, 15) is 14.0 Å². The van der Waals surface area contributed by atoms with Gasteiger partial charge in [-0.25, -0.2) is 4.39 Å². The van der Waals surface area contributed by atoms with Crippen LogP contribution in [0.3, 0.4) is 0 Å². The quantitative estimate of drug-likeness (QED) is 0.773. The Bertz CT molecular complexity index is 757. The molecular formula is C19H21ClFN3O2. The molecule has 7 heteroatoms. The summed E-state index contributed by atoms with van der Waals surface area (Å²) in [5.74, 6) is -1.89. The number of carbonyl (C=O) groups excluding carboxylic acids is 2. The maximum Gasteiger partial charge on any atom is 0.256 e. The van der Waals surface area contributed by atoms with Gasteiger partial charge < -0.3 is 15.5 Å². The highest BCUT2D eigenvalue weighted by molar-refractivity contribution is 6.33. The van der Waals surface area contributed by atoms with E-state index in [1.165, 1.54) is 12.1 Å². The van der Waals surface area contributed by atoms with Gasteiger partial charge in [-0.15, -0.1) is 0 Å². The van der Waals surface area contributed by atoms with Gasteiger partial charge >= 0.3 is 0 Å². The molecule has 0 aliphatic rings. The van der Waals surface area contributed by atoms with E-state index in [0.717, 1.165) is 24.8 Å². The SMILES string of the molecule is CCN(CC)c1ccc(NC(=O)CNC(=O)c2c(F)cccc2Cl)cc1. The standard InChI is InChI=1S/C19H21ClFN3O2/c1-3-24(4-2)14-10-8-13(9-11-14)23-17(25)12-22-19(26)18-15(20)6-5-7-16(18)21/h5-11H,3-4,12H2,1-2H3,(H,22,26)(H,23,25). The van der Waals surface area contributed by atoms with Crippen molar-refractivity contribution >= 4 is 34.8 Å². The van der Waals surface area contributed by atoms with Crippen molar-refractivity contribution in [2.24, 2.45) is 0 Å². The van der Waals surface area contributed by atoms with Gasteiger partial charge in [-0.3, -0.25) is 9.59 Å². The molecule has 0 aliphatic heterocycles. The van der Waals surface area contributed by atoms with Gasteiger partial charge in [0.1, 0.15) is 5.82 Å². The summed E-state index contributed by atoms with van der Waals surface area (Å²) in [7, 11) is 0. The largest absolute Gasteiger partial charge is 0.372 e. The van der Waals surface area contributed by atoms with E-state index in [-0.39, 0.29) is 17.1 Å². The summed E-state index contributed by atoms with van der Waals surface area (Å²) in [5, 5.41) is 5.04. The van der Waals surface area contributed by atoms with Gasteiger partial charge in [-0.1, -0.05) is 17.7 Å². The summed E-state index contributed by atoms with van der Waals surface area (Å²) in [4.78, 5) is 26.2. The van der Waals surface area contributed by atoms with Crippen molar-refractivity contribution in [3.05, 3.63) is 58.9 Å². The minimum Gasteiger partial charge on any atom is -0.372 e. The first-order chi connectivity index (χ1) is 12.5. The topological polar surface area (TPSA) is 61.4 Å². The first kappa shape index (κ1) is 19.7. The lowest BCUT2D eigenvalue weighted by molar-refractivity contribution is -0.115. The number of halogens is 2. The molecule has 0 fully saturated rings.